The van der Waals surface area contributed by atoms with Crippen molar-refractivity contribution in [1.29, 1.82) is 0 Å². The summed E-state index contributed by atoms with van der Waals surface area (Å²) in [7, 11) is 0. The van der Waals surface area contributed by atoms with Gasteiger partial charge in [0.25, 0.3) is 5.56 Å². The van der Waals surface area contributed by atoms with E-state index in [1.807, 2.05) is 16.0 Å². The van der Waals surface area contributed by atoms with Crippen molar-refractivity contribution in [3.05, 3.63) is 57.4 Å². The summed E-state index contributed by atoms with van der Waals surface area (Å²) in [4.78, 5) is 30.6. The molecule has 0 saturated heterocycles. The number of pyridine rings is 1. The van der Waals surface area contributed by atoms with Gasteiger partial charge in [-0.05, 0) is 24.3 Å². The molecule has 8 heteroatoms. The molecule has 3 rings (SSSR count). The van der Waals surface area contributed by atoms with Gasteiger partial charge in [-0.1, -0.05) is 6.07 Å². The fraction of sp³-hybridized carbons (Fsp3) is 0. The van der Waals surface area contributed by atoms with Crippen LogP contribution in [0.2, 0.25) is 0 Å². The zero-order valence-corrected chi connectivity index (χ0v) is 10.6. The number of fused-ring (bicyclic) bond motifs is 1. The second-order valence-corrected chi connectivity index (χ2v) is 4.19. The van der Waals surface area contributed by atoms with Crippen molar-refractivity contribution in [1.82, 2.24) is 15.0 Å². The number of nitrogens with zero attached hydrogens (tertiary/aromatic N) is 3. The van der Waals surface area contributed by atoms with Gasteiger partial charge in [0, 0.05) is 11.6 Å². The first-order valence-corrected chi connectivity index (χ1v) is 5.95. The first-order chi connectivity index (χ1) is 10.1. The Morgan fingerprint density at radius 1 is 1.10 bits per heavy atom. The Bertz CT molecular complexity index is 958. The Kier molecular flexibility index (Phi) is 3.03. The molecule has 3 aromatic rings. The van der Waals surface area contributed by atoms with Crippen LogP contribution in [0.15, 0.2) is 56.3 Å². The van der Waals surface area contributed by atoms with Gasteiger partial charge in [0.1, 0.15) is 0 Å². The van der Waals surface area contributed by atoms with Crippen LogP contribution in [0.1, 0.15) is 0 Å². The van der Waals surface area contributed by atoms with Crippen LogP contribution in [0.4, 0.5) is 11.4 Å². The summed E-state index contributed by atoms with van der Waals surface area (Å²) in [5, 5.41) is 17.9. The first kappa shape index (κ1) is 12.7. The predicted octanol–water partition coefficient (Wildman–Crippen LogP) is 1.73. The molecule has 104 valence electrons. The molecule has 0 atom stereocenters. The van der Waals surface area contributed by atoms with Gasteiger partial charge in [-0.3, -0.25) is 19.7 Å². The summed E-state index contributed by atoms with van der Waals surface area (Å²) in [6.07, 6.45) is 1.68. The van der Waals surface area contributed by atoms with Gasteiger partial charge in [-0.25, -0.2) is 4.79 Å². The van der Waals surface area contributed by atoms with E-state index in [2.05, 4.69) is 15.2 Å². The summed E-state index contributed by atoms with van der Waals surface area (Å²) in [6, 6.07) is 8.84. The minimum Gasteiger partial charge on any atom is -0.493 e. The maximum absolute atomic E-state index is 11.5. The van der Waals surface area contributed by atoms with Crippen LogP contribution in [0, 0.1) is 0 Å². The Labute approximate surface area is 116 Å². The number of azo groups is 1. The zero-order valence-electron chi connectivity index (χ0n) is 10.6. The Morgan fingerprint density at radius 2 is 1.95 bits per heavy atom. The van der Waals surface area contributed by atoms with E-state index >= 15 is 0 Å². The summed E-state index contributed by atoms with van der Waals surface area (Å²) in [5.41, 5.74) is -0.696. The number of H-pyrrole nitrogens is 2. The summed E-state index contributed by atoms with van der Waals surface area (Å²) in [6.45, 7) is 0. The quantitative estimate of drug-likeness (QED) is 0.619. The van der Waals surface area contributed by atoms with Crippen molar-refractivity contribution in [2.24, 2.45) is 10.2 Å². The van der Waals surface area contributed by atoms with Crippen molar-refractivity contribution in [2.75, 3.05) is 0 Å². The molecule has 0 saturated carbocycles. The number of hydrogen-bond donors (Lipinski definition) is 3. The van der Waals surface area contributed by atoms with Gasteiger partial charge in [-0.2, -0.15) is 5.11 Å². The van der Waals surface area contributed by atoms with Gasteiger partial charge in [-0.15, -0.1) is 5.11 Å². The van der Waals surface area contributed by atoms with Crippen LogP contribution in [0.5, 0.6) is 5.88 Å². The third-order valence-corrected chi connectivity index (χ3v) is 2.75. The highest BCUT2D eigenvalue weighted by molar-refractivity contribution is 5.81. The molecule has 2 aromatic heterocycles. The average molecular weight is 283 g/mol. The van der Waals surface area contributed by atoms with Crippen molar-refractivity contribution in [3.8, 4) is 5.88 Å². The molecule has 0 unspecified atom stereocenters. The lowest BCUT2D eigenvalue weighted by Crippen LogP contribution is -2.20. The molecule has 2 heterocycles. The fourth-order valence-corrected chi connectivity index (χ4v) is 1.79. The smallest absolute Gasteiger partial charge is 0.328 e. The lowest BCUT2D eigenvalue weighted by Gasteiger charge is -1.98. The number of aromatic nitrogens is 3. The molecular formula is C13H9N5O3. The Hall–Kier alpha value is -3.29. The molecule has 21 heavy (non-hydrogen) atoms. The average Bonchev–Trinajstić information content (AvgIpc) is 2.46. The highest BCUT2D eigenvalue weighted by Crippen LogP contribution is 2.23. The monoisotopic (exact) mass is 283 g/mol. The molecule has 0 bridgehead atoms. The minimum atomic E-state index is -0.817. The highest BCUT2D eigenvalue weighted by Gasteiger charge is 2.07. The number of rotatable bonds is 2. The number of nitrogens with one attached hydrogen (secondary N) is 2. The maximum Gasteiger partial charge on any atom is 0.328 e. The number of benzene rings is 1. The first-order valence-electron chi connectivity index (χ1n) is 5.95. The van der Waals surface area contributed by atoms with E-state index in [-0.39, 0.29) is 5.69 Å². The van der Waals surface area contributed by atoms with Crippen molar-refractivity contribution < 1.29 is 5.11 Å². The van der Waals surface area contributed by atoms with Gasteiger partial charge < -0.3 is 5.11 Å². The highest BCUT2D eigenvalue weighted by atomic mass is 16.3. The van der Waals surface area contributed by atoms with Crippen LogP contribution < -0.4 is 11.2 Å². The minimum absolute atomic E-state index is 0.360. The van der Waals surface area contributed by atoms with Crippen molar-refractivity contribution in [2.45, 2.75) is 0 Å². The lowest BCUT2D eigenvalue weighted by molar-refractivity contribution is 0.450. The van der Waals surface area contributed by atoms with E-state index in [0.717, 1.165) is 10.9 Å². The second kappa shape index (κ2) is 5.00. The van der Waals surface area contributed by atoms with E-state index in [1.54, 1.807) is 30.5 Å². The van der Waals surface area contributed by atoms with E-state index in [4.69, 9.17) is 0 Å². The fourth-order valence-electron chi connectivity index (χ4n) is 1.79. The molecule has 8 nitrogen and oxygen atoms in total. The normalized spacial score (nSPS) is 11.2. The van der Waals surface area contributed by atoms with Crippen LogP contribution in [-0.4, -0.2) is 20.1 Å². The molecule has 0 amide bonds. The summed E-state index contributed by atoms with van der Waals surface area (Å²) in [5.74, 6) is -0.630. The molecule has 0 aliphatic heterocycles. The van der Waals surface area contributed by atoms with E-state index < -0.39 is 17.1 Å². The van der Waals surface area contributed by atoms with Gasteiger partial charge in [0.05, 0.1) is 11.2 Å². The molecule has 0 fully saturated rings. The van der Waals surface area contributed by atoms with Gasteiger partial charge in [0.2, 0.25) is 11.6 Å². The van der Waals surface area contributed by atoms with Crippen LogP contribution in [0.3, 0.4) is 0 Å². The largest absolute Gasteiger partial charge is 0.493 e. The lowest BCUT2D eigenvalue weighted by atomic mass is 10.2. The van der Waals surface area contributed by atoms with Gasteiger partial charge >= 0.3 is 5.69 Å². The van der Waals surface area contributed by atoms with Crippen LogP contribution in [-0.2, 0) is 0 Å². The summed E-state index contributed by atoms with van der Waals surface area (Å²) < 4.78 is 0. The van der Waals surface area contributed by atoms with Gasteiger partial charge in [0.15, 0.2) is 0 Å². The Morgan fingerprint density at radius 3 is 2.76 bits per heavy atom. The SMILES string of the molecule is O=c1[nH]c(O)c(N=Nc2ccc3ncccc3c2)c(=O)[nH]1. The van der Waals surface area contributed by atoms with E-state index in [9.17, 15) is 14.7 Å². The number of hydrogen-bond acceptors (Lipinski definition) is 6. The molecule has 0 aliphatic rings. The summed E-state index contributed by atoms with van der Waals surface area (Å²) >= 11 is 0. The second-order valence-electron chi connectivity index (χ2n) is 4.19. The third-order valence-electron chi connectivity index (χ3n) is 2.75. The molecule has 0 radical (unpaired) electrons. The maximum atomic E-state index is 11.5. The van der Waals surface area contributed by atoms with E-state index in [0.29, 0.717) is 5.69 Å². The molecule has 1 aromatic carbocycles. The van der Waals surface area contributed by atoms with Crippen molar-refractivity contribution >= 4 is 22.3 Å². The number of aromatic hydroxyl groups is 1. The molecule has 3 N–H and O–H groups in total. The standard InChI is InChI=1S/C13H9N5O3/c19-11-10(12(20)16-13(21)15-11)18-17-8-3-4-9-7(6-8)2-1-5-14-9/h1-6H,(H3,15,16,19,20,21). The topological polar surface area (TPSA) is 124 Å². The zero-order chi connectivity index (χ0) is 14.8. The van der Waals surface area contributed by atoms with E-state index in [1.165, 1.54) is 0 Å². The predicted molar refractivity (Wildman–Crippen MR) is 75.3 cm³/mol. The van der Waals surface area contributed by atoms with Crippen LogP contribution in [0.25, 0.3) is 10.9 Å². The van der Waals surface area contributed by atoms with Crippen LogP contribution >= 0.6 is 0 Å². The molecule has 0 spiro atoms. The van der Waals surface area contributed by atoms with Crippen molar-refractivity contribution in [3.63, 3.8) is 0 Å². The number of aromatic amines is 2. The molecule has 0 aliphatic carbocycles. The molecular weight excluding hydrogens is 274 g/mol. The third kappa shape index (κ3) is 2.54. The Balaban J connectivity index is 2.02.